The van der Waals surface area contributed by atoms with Gasteiger partial charge in [-0.25, -0.2) is 9.59 Å². The molecule has 0 bridgehead atoms. The maximum Gasteiger partial charge on any atom is 0.363 e. The molecule has 1 saturated heterocycles. The fourth-order valence-electron chi connectivity index (χ4n) is 6.63. The van der Waals surface area contributed by atoms with Crippen molar-refractivity contribution < 1.29 is 62.5 Å². The van der Waals surface area contributed by atoms with E-state index >= 15 is 0 Å². The summed E-state index contributed by atoms with van der Waals surface area (Å²) in [6.45, 7) is 9.02. The van der Waals surface area contributed by atoms with Crippen molar-refractivity contribution in [1.82, 2.24) is 25.9 Å². The van der Waals surface area contributed by atoms with Crippen LogP contribution in [0.5, 0.6) is 5.75 Å². The van der Waals surface area contributed by atoms with Gasteiger partial charge >= 0.3 is 17.9 Å². The molecule has 3 aromatic rings. The monoisotopic (exact) mass is 835 g/mol. The average Bonchev–Trinajstić information content (AvgIpc) is 3.74. The lowest BCUT2D eigenvalue weighted by Crippen LogP contribution is -2.49. The first-order valence-electron chi connectivity index (χ1n) is 19.9. The molecule has 3 unspecified atom stereocenters. The number of morpholine rings is 1. The highest BCUT2D eigenvalue weighted by Crippen LogP contribution is 2.29. The standard InChI is InChI=1S/C42H53N5O13/c1-4-7-8-9-30(33(5-2)47(26-48)60-42(56)28-12-10-27(11-13-28)24-46-18-20-57-21-19-46)38(51)43-25-44-40(53)35-17-16-34(59-35)29-14-15-31(36(22-29)58-6-3)39(52)45-32(41(54)55)23-37(49)50/h10-17,22,26,30,32-33H,4-9,18-21,23-25H2,1-3H3,(H,43,51)(H,44,53)(H,45,52)(H,49,50)(H,54,55). The third-order valence-electron chi connectivity index (χ3n) is 9.79. The van der Waals surface area contributed by atoms with Gasteiger partial charge < -0.3 is 44.9 Å². The lowest BCUT2D eigenvalue weighted by molar-refractivity contribution is -0.171. The number of hydrogen-bond donors (Lipinski definition) is 5. The molecule has 18 heteroatoms. The molecule has 0 radical (unpaired) electrons. The maximum absolute atomic E-state index is 13.6. The predicted octanol–water partition coefficient (Wildman–Crippen LogP) is 3.84. The highest BCUT2D eigenvalue weighted by molar-refractivity contribution is 6.00. The van der Waals surface area contributed by atoms with Gasteiger partial charge in [-0.1, -0.05) is 51.3 Å². The van der Waals surface area contributed by atoms with Crippen LogP contribution in [0.15, 0.2) is 59.0 Å². The lowest BCUT2D eigenvalue weighted by atomic mass is 9.90. The minimum Gasteiger partial charge on any atom is -0.493 e. The van der Waals surface area contributed by atoms with Gasteiger partial charge in [-0.3, -0.25) is 28.9 Å². The van der Waals surface area contributed by atoms with Crippen LogP contribution in [-0.2, 0) is 35.3 Å². The molecule has 5 N–H and O–H groups in total. The zero-order valence-corrected chi connectivity index (χ0v) is 34.0. The van der Waals surface area contributed by atoms with E-state index in [2.05, 4.69) is 20.9 Å². The Labute approximate surface area is 347 Å². The van der Waals surface area contributed by atoms with Crippen LogP contribution < -0.4 is 20.7 Å². The number of rotatable bonds is 24. The van der Waals surface area contributed by atoms with E-state index in [0.29, 0.717) is 51.0 Å². The Morgan fingerprint density at radius 2 is 1.65 bits per heavy atom. The summed E-state index contributed by atoms with van der Waals surface area (Å²) < 4.78 is 16.8. The molecule has 0 aliphatic carbocycles. The largest absolute Gasteiger partial charge is 0.493 e. The van der Waals surface area contributed by atoms with Crippen LogP contribution in [0, 0.1) is 5.92 Å². The number of amides is 4. The second-order valence-electron chi connectivity index (χ2n) is 14.0. The number of hydrogen-bond acceptors (Lipinski definition) is 12. The van der Waals surface area contributed by atoms with E-state index in [1.807, 2.05) is 19.1 Å². The Morgan fingerprint density at radius 3 is 2.28 bits per heavy atom. The van der Waals surface area contributed by atoms with Gasteiger partial charge in [0.05, 0.1) is 56.0 Å². The van der Waals surface area contributed by atoms with Gasteiger partial charge in [0.1, 0.15) is 17.6 Å². The molecule has 3 atom stereocenters. The van der Waals surface area contributed by atoms with E-state index in [0.717, 1.165) is 36.6 Å². The summed E-state index contributed by atoms with van der Waals surface area (Å²) in [7, 11) is 0. The van der Waals surface area contributed by atoms with E-state index in [4.69, 9.17) is 23.8 Å². The van der Waals surface area contributed by atoms with Crippen molar-refractivity contribution in [3.63, 3.8) is 0 Å². The van der Waals surface area contributed by atoms with E-state index in [1.165, 1.54) is 30.3 Å². The van der Waals surface area contributed by atoms with Crippen molar-refractivity contribution in [2.75, 3.05) is 39.6 Å². The number of unbranched alkanes of at least 4 members (excludes halogenated alkanes) is 2. The van der Waals surface area contributed by atoms with Crippen LogP contribution in [-0.4, -0.2) is 114 Å². The highest BCUT2D eigenvalue weighted by Gasteiger charge is 2.34. The number of furan rings is 1. The van der Waals surface area contributed by atoms with Crippen molar-refractivity contribution in [3.8, 4) is 17.1 Å². The normalized spacial score (nSPS) is 14.2. The van der Waals surface area contributed by atoms with Gasteiger partial charge in [-0.2, -0.15) is 5.06 Å². The molecular weight excluding hydrogens is 782 g/mol. The van der Waals surface area contributed by atoms with Crippen LogP contribution in [0.3, 0.4) is 0 Å². The molecule has 1 aromatic heterocycles. The fraction of sp³-hybridized carbons (Fsp3) is 0.452. The van der Waals surface area contributed by atoms with Crippen molar-refractivity contribution in [2.24, 2.45) is 5.92 Å². The van der Waals surface area contributed by atoms with Gasteiger partial charge in [-0.05, 0) is 61.7 Å². The molecule has 0 spiro atoms. The average molecular weight is 836 g/mol. The Kier molecular flexibility index (Phi) is 18.1. The fourth-order valence-corrected chi connectivity index (χ4v) is 6.63. The summed E-state index contributed by atoms with van der Waals surface area (Å²) in [5, 5.41) is 26.7. The molecule has 324 valence electrons. The number of benzene rings is 2. The first kappa shape index (κ1) is 46.4. The molecular formula is C42H53N5O13. The number of ether oxygens (including phenoxy) is 2. The van der Waals surface area contributed by atoms with Crippen LogP contribution in [0.25, 0.3) is 11.3 Å². The van der Waals surface area contributed by atoms with Crippen molar-refractivity contribution in [2.45, 2.75) is 77.9 Å². The van der Waals surface area contributed by atoms with Gasteiger partial charge in [0.15, 0.2) is 5.76 Å². The summed E-state index contributed by atoms with van der Waals surface area (Å²) in [4.78, 5) is 95.5. The number of nitrogens with zero attached hydrogens (tertiary/aromatic N) is 2. The highest BCUT2D eigenvalue weighted by atomic mass is 16.7. The Balaban J connectivity index is 1.38. The molecule has 0 saturated carbocycles. The number of aliphatic carboxylic acids is 2. The van der Waals surface area contributed by atoms with Crippen molar-refractivity contribution >= 4 is 42.0 Å². The predicted molar refractivity (Wildman–Crippen MR) is 214 cm³/mol. The number of carboxylic acid groups (broad SMARTS) is 2. The van der Waals surface area contributed by atoms with E-state index < -0.39 is 60.1 Å². The smallest absolute Gasteiger partial charge is 0.363 e. The Morgan fingerprint density at radius 1 is 0.917 bits per heavy atom. The van der Waals surface area contributed by atoms with E-state index in [1.54, 1.807) is 26.0 Å². The summed E-state index contributed by atoms with van der Waals surface area (Å²) in [6.07, 6.45) is 2.63. The Hall–Kier alpha value is -6.27. The third kappa shape index (κ3) is 13.4. The molecule has 4 amide bonds. The van der Waals surface area contributed by atoms with E-state index in [-0.39, 0.29) is 41.7 Å². The van der Waals surface area contributed by atoms with Crippen LogP contribution in [0.2, 0.25) is 0 Å². The summed E-state index contributed by atoms with van der Waals surface area (Å²) in [5.41, 5.74) is 1.62. The van der Waals surface area contributed by atoms with Crippen LogP contribution >= 0.6 is 0 Å². The third-order valence-corrected chi connectivity index (χ3v) is 9.79. The zero-order chi connectivity index (χ0) is 43.6. The topological polar surface area (TPSA) is 243 Å². The number of hydroxylamine groups is 2. The number of carboxylic acids is 2. The molecule has 2 heterocycles. The zero-order valence-electron chi connectivity index (χ0n) is 34.0. The molecule has 1 aliphatic heterocycles. The van der Waals surface area contributed by atoms with Gasteiger partial charge in [0, 0.05) is 25.2 Å². The van der Waals surface area contributed by atoms with Gasteiger partial charge in [0.2, 0.25) is 12.3 Å². The maximum atomic E-state index is 13.6. The minimum atomic E-state index is -1.67. The molecule has 60 heavy (non-hydrogen) atoms. The lowest BCUT2D eigenvalue weighted by Gasteiger charge is -2.31. The van der Waals surface area contributed by atoms with Crippen LogP contribution in [0.4, 0.5) is 0 Å². The number of carbonyl (C=O) groups is 7. The van der Waals surface area contributed by atoms with Gasteiger partial charge in [0.25, 0.3) is 11.8 Å². The van der Waals surface area contributed by atoms with Crippen molar-refractivity contribution in [3.05, 3.63) is 77.0 Å². The minimum absolute atomic E-state index is 0.0461. The van der Waals surface area contributed by atoms with Crippen molar-refractivity contribution in [1.29, 1.82) is 0 Å². The molecule has 4 rings (SSSR count). The summed E-state index contributed by atoms with van der Waals surface area (Å²) in [6, 6.07) is 11.7. The molecule has 1 aliphatic rings. The first-order valence-corrected chi connectivity index (χ1v) is 19.9. The number of carbonyl (C=O) groups excluding carboxylic acids is 5. The molecule has 18 nitrogen and oxygen atoms in total. The SMILES string of the molecule is CCCCCC(C(=O)NCNC(=O)c1ccc(-c2ccc(C(=O)NC(CC(=O)O)C(=O)O)c(OCC)c2)o1)C(CC)N(C=O)OC(=O)c1ccc(CN2CCOCC2)cc1. The van der Waals surface area contributed by atoms with E-state index in [9.17, 15) is 38.7 Å². The first-order chi connectivity index (χ1) is 28.9. The van der Waals surface area contributed by atoms with Gasteiger partial charge in [-0.15, -0.1) is 0 Å². The quantitative estimate of drug-likeness (QED) is 0.0373. The van der Waals surface area contributed by atoms with Crippen LogP contribution in [0.1, 0.15) is 96.1 Å². The summed E-state index contributed by atoms with van der Waals surface area (Å²) in [5.74, 6) is -6.23. The summed E-state index contributed by atoms with van der Waals surface area (Å²) >= 11 is 0. The second-order valence-corrected chi connectivity index (χ2v) is 14.0. The molecule has 1 fully saturated rings. The second kappa shape index (κ2) is 23.4. The number of nitrogens with one attached hydrogen (secondary N) is 3. The Bertz CT molecular complexity index is 1940. The molecule has 2 aromatic carbocycles.